The summed E-state index contributed by atoms with van der Waals surface area (Å²) < 4.78 is 6.41. The molecule has 0 radical (unpaired) electrons. The van der Waals surface area contributed by atoms with Crippen LogP contribution in [-0.2, 0) is 9.59 Å². The van der Waals surface area contributed by atoms with Gasteiger partial charge in [-0.15, -0.1) is 11.3 Å². The third-order valence-corrected chi connectivity index (χ3v) is 4.53. The van der Waals surface area contributed by atoms with Crippen LogP contribution in [0.15, 0.2) is 42.5 Å². The molecular weight excluding hydrogens is 340 g/mol. The molecule has 0 atom stereocenters. The van der Waals surface area contributed by atoms with Gasteiger partial charge in [0.05, 0.1) is 15.8 Å². The van der Waals surface area contributed by atoms with Crippen LogP contribution in [-0.4, -0.2) is 28.6 Å². The molecular formula is C18H16N2O4S. The first-order valence-electron chi connectivity index (χ1n) is 7.71. The van der Waals surface area contributed by atoms with Gasteiger partial charge in [-0.1, -0.05) is 19.1 Å². The van der Waals surface area contributed by atoms with E-state index >= 15 is 0 Å². The standard InChI is InChI=1S/C18H16N2O4S/c1-2-16(21)19-11-7-8-14(24-10-17(22)23)12(9-11)18-20-13-5-3-4-6-15(13)25-18/h3-9H,2,10H2,1H3,(H,19,21)(H,22,23). The largest absolute Gasteiger partial charge is 0.481 e. The number of hydrogen-bond donors (Lipinski definition) is 2. The van der Waals surface area contributed by atoms with E-state index in [1.165, 1.54) is 11.3 Å². The van der Waals surface area contributed by atoms with Crippen molar-refractivity contribution in [2.24, 2.45) is 0 Å². The fourth-order valence-electron chi connectivity index (χ4n) is 2.28. The maximum atomic E-state index is 11.6. The number of carboxylic acid groups (broad SMARTS) is 1. The van der Waals surface area contributed by atoms with Crippen LogP contribution in [0.1, 0.15) is 13.3 Å². The maximum Gasteiger partial charge on any atom is 0.341 e. The van der Waals surface area contributed by atoms with Gasteiger partial charge in [0.2, 0.25) is 5.91 Å². The molecule has 128 valence electrons. The summed E-state index contributed by atoms with van der Waals surface area (Å²) in [7, 11) is 0. The number of rotatable bonds is 6. The second kappa shape index (κ2) is 7.31. The van der Waals surface area contributed by atoms with Crippen LogP contribution in [0, 0.1) is 0 Å². The Balaban J connectivity index is 2.03. The first-order valence-corrected chi connectivity index (χ1v) is 8.53. The number of hydrogen-bond acceptors (Lipinski definition) is 5. The maximum absolute atomic E-state index is 11.6. The summed E-state index contributed by atoms with van der Waals surface area (Å²) in [6, 6.07) is 12.8. The zero-order valence-electron chi connectivity index (χ0n) is 13.5. The molecule has 0 saturated carbocycles. The first-order chi connectivity index (χ1) is 12.1. The quantitative estimate of drug-likeness (QED) is 0.702. The number of benzene rings is 2. The molecule has 25 heavy (non-hydrogen) atoms. The van der Waals surface area contributed by atoms with Crippen molar-refractivity contribution in [3.8, 4) is 16.3 Å². The van der Waals surface area contributed by atoms with Crippen molar-refractivity contribution in [1.29, 1.82) is 0 Å². The predicted molar refractivity (Wildman–Crippen MR) is 97.1 cm³/mol. The van der Waals surface area contributed by atoms with Crippen molar-refractivity contribution in [3.05, 3.63) is 42.5 Å². The van der Waals surface area contributed by atoms with Gasteiger partial charge in [-0.25, -0.2) is 9.78 Å². The number of thiazole rings is 1. The number of carbonyl (C=O) groups is 2. The van der Waals surface area contributed by atoms with Crippen LogP contribution in [0.3, 0.4) is 0 Å². The molecule has 0 aliphatic carbocycles. The zero-order valence-corrected chi connectivity index (χ0v) is 14.3. The van der Waals surface area contributed by atoms with Crippen molar-refractivity contribution in [2.75, 3.05) is 11.9 Å². The van der Waals surface area contributed by atoms with Gasteiger partial charge in [-0.2, -0.15) is 0 Å². The van der Waals surface area contributed by atoms with Crippen LogP contribution in [0.25, 0.3) is 20.8 Å². The number of aromatic nitrogens is 1. The summed E-state index contributed by atoms with van der Waals surface area (Å²) >= 11 is 1.48. The summed E-state index contributed by atoms with van der Waals surface area (Å²) in [5.74, 6) is -0.746. The Morgan fingerprint density at radius 1 is 1.24 bits per heavy atom. The molecule has 0 bridgehead atoms. The van der Waals surface area contributed by atoms with E-state index in [0.717, 1.165) is 10.2 Å². The minimum atomic E-state index is -1.06. The molecule has 2 aromatic carbocycles. The minimum absolute atomic E-state index is 0.102. The first kappa shape index (κ1) is 16.9. The molecule has 6 nitrogen and oxygen atoms in total. The van der Waals surface area contributed by atoms with Gasteiger partial charge < -0.3 is 15.2 Å². The highest BCUT2D eigenvalue weighted by atomic mass is 32.1. The molecule has 0 spiro atoms. The molecule has 0 aliphatic heterocycles. The number of fused-ring (bicyclic) bond motifs is 1. The Morgan fingerprint density at radius 3 is 2.76 bits per heavy atom. The summed E-state index contributed by atoms with van der Waals surface area (Å²) in [4.78, 5) is 27.0. The van der Waals surface area contributed by atoms with E-state index in [-0.39, 0.29) is 5.91 Å². The van der Waals surface area contributed by atoms with Gasteiger partial charge in [0.1, 0.15) is 10.8 Å². The van der Waals surface area contributed by atoms with Gasteiger partial charge >= 0.3 is 5.97 Å². The van der Waals surface area contributed by atoms with E-state index in [2.05, 4.69) is 10.3 Å². The Hall–Kier alpha value is -2.93. The molecule has 1 amide bonds. The van der Waals surface area contributed by atoms with E-state index in [1.807, 2.05) is 24.3 Å². The summed E-state index contributed by atoms with van der Waals surface area (Å²) in [5, 5.41) is 12.4. The van der Waals surface area contributed by atoms with Gasteiger partial charge in [-0.3, -0.25) is 4.79 Å². The number of amides is 1. The highest BCUT2D eigenvalue weighted by molar-refractivity contribution is 7.21. The lowest BCUT2D eigenvalue weighted by Gasteiger charge is -2.11. The van der Waals surface area contributed by atoms with Crippen molar-refractivity contribution < 1.29 is 19.4 Å². The van der Waals surface area contributed by atoms with Crippen LogP contribution < -0.4 is 10.1 Å². The number of nitrogens with one attached hydrogen (secondary N) is 1. The lowest BCUT2D eigenvalue weighted by molar-refractivity contribution is -0.139. The minimum Gasteiger partial charge on any atom is -0.481 e. The molecule has 1 heterocycles. The number of nitrogens with zero attached hydrogens (tertiary/aromatic N) is 1. The Labute approximate surface area is 148 Å². The molecule has 3 rings (SSSR count). The van der Waals surface area contributed by atoms with Crippen LogP contribution >= 0.6 is 11.3 Å². The second-order valence-electron chi connectivity index (χ2n) is 5.28. The van der Waals surface area contributed by atoms with Crippen molar-refractivity contribution in [1.82, 2.24) is 4.98 Å². The van der Waals surface area contributed by atoms with Crippen LogP contribution in [0.4, 0.5) is 5.69 Å². The summed E-state index contributed by atoms with van der Waals surface area (Å²) in [6.07, 6.45) is 0.369. The summed E-state index contributed by atoms with van der Waals surface area (Å²) in [6.45, 7) is 1.33. The van der Waals surface area contributed by atoms with Gasteiger partial charge in [0.15, 0.2) is 6.61 Å². The molecule has 7 heteroatoms. The number of ether oxygens (including phenoxy) is 1. The number of carboxylic acids is 1. The molecule has 0 fully saturated rings. The predicted octanol–water partition coefficient (Wildman–Crippen LogP) is 3.78. The molecule has 0 aliphatic rings. The number of para-hydroxylation sites is 1. The van der Waals surface area contributed by atoms with Crippen molar-refractivity contribution in [3.63, 3.8) is 0 Å². The van der Waals surface area contributed by atoms with Gasteiger partial charge in [0.25, 0.3) is 0 Å². The van der Waals surface area contributed by atoms with E-state index < -0.39 is 12.6 Å². The highest BCUT2D eigenvalue weighted by Crippen LogP contribution is 2.37. The third-order valence-electron chi connectivity index (χ3n) is 3.46. The average molecular weight is 356 g/mol. The van der Waals surface area contributed by atoms with E-state index in [0.29, 0.717) is 28.4 Å². The lowest BCUT2D eigenvalue weighted by atomic mass is 10.1. The molecule has 3 aromatic rings. The number of aliphatic carboxylic acids is 1. The van der Waals surface area contributed by atoms with Crippen molar-refractivity contribution >= 4 is 39.1 Å². The van der Waals surface area contributed by atoms with E-state index in [4.69, 9.17) is 9.84 Å². The Morgan fingerprint density at radius 2 is 2.04 bits per heavy atom. The molecule has 0 unspecified atom stereocenters. The fourth-order valence-corrected chi connectivity index (χ4v) is 3.26. The fraction of sp³-hybridized carbons (Fsp3) is 0.167. The normalized spacial score (nSPS) is 10.6. The van der Waals surface area contributed by atoms with Crippen LogP contribution in [0.5, 0.6) is 5.75 Å². The summed E-state index contributed by atoms with van der Waals surface area (Å²) in [5.41, 5.74) is 2.12. The number of carbonyl (C=O) groups excluding carboxylic acids is 1. The topological polar surface area (TPSA) is 88.5 Å². The van der Waals surface area contributed by atoms with Crippen molar-refractivity contribution in [2.45, 2.75) is 13.3 Å². The third kappa shape index (κ3) is 3.95. The highest BCUT2D eigenvalue weighted by Gasteiger charge is 2.14. The van der Waals surface area contributed by atoms with E-state index in [9.17, 15) is 9.59 Å². The monoisotopic (exact) mass is 356 g/mol. The second-order valence-corrected chi connectivity index (χ2v) is 6.31. The van der Waals surface area contributed by atoms with Gasteiger partial charge in [0, 0.05) is 12.1 Å². The van der Waals surface area contributed by atoms with Gasteiger partial charge in [-0.05, 0) is 30.3 Å². The van der Waals surface area contributed by atoms with E-state index in [1.54, 1.807) is 25.1 Å². The Kier molecular flexibility index (Phi) is 4.95. The molecule has 0 saturated heterocycles. The SMILES string of the molecule is CCC(=O)Nc1ccc(OCC(=O)O)c(-c2nc3ccccc3s2)c1. The molecule has 2 N–H and O–H groups in total. The molecule has 1 aromatic heterocycles. The smallest absolute Gasteiger partial charge is 0.341 e. The number of anilines is 1. The average Bonchev–Trinajstić information content (AvgIpc) is 3.04. The zero-order chi connectivity index (χ0) is 17.8. The lowest BCUT2D eigenvalue weighted by Crippen LogP contribution is -2.11. The van der Waals surface area contributed by atoms with Crippen LogP contribution in [0.2, 0.25) is 0 Å². The Bertz CT molecular complexity index is 903.